The van der Waals surface area contributed by atoms with Gasteiger partial charge in [0.1, 0.15) is 0 Å². The summed E-state index contributed by atoms with van der Waals surface area (Å²) in [6, 6.07) is 6.84. The third-order valence-corrected chi connectivity index (χ3v) is 3.88. The summed E-state index contributed by atoms with van der Waals surface area (Å²) in [4.78, 5) is 7.24. The summed E-state index contributed by atoms with van der Waals surface area (Å²) >= 11 is 0. The number of rotatable bonds is 7. The molecule has 118 valence electrons. The van der Waals surface area contributed by atoms with Gasteiger partial charge in [-0.2, -0.15) is 0 Å². The maximum Gasteiger partial charge on any atom is 0.0599 e. The summed E-state index contributed by atoms with van der Waals surface area (Å²) in [5.74, 6) is 0. The number of piperidine rings is 1. The highest BCUT2D eigenvalue weighted by molar-refractivity contribution is 5.11. The predicted octanol–water partition coefficient (Wildman–Crippen LogP) is 2.58. The largest absolute Gasteiger partial charge is 0.378 e. The van der Waals surface area contributed by atoms with Crippen molar-refractivity contribution in [2.75, 3.05) is 19.7 Å². The van der Waals surface area contributed by atoms with Crippen molar-refractivity contribution in [1.29, 1.82) is 0 Å². The molecule has 0 bridgehead atoms. The Bertz CT molecular complexity index is 414. The molecule has 0 aliphatic carbocycles. The first kappa shape index (κ1) is 16.4. The van der Waals surface area contributed by atoms with E-state index in [4.69, 9.17) is 9.72 Å². The highest BCUT2D eigenvalue weighted by Gasteiger charge is 2.19. The highest BCUT2D eigenvalue weighted by Crippen LogP contribution is 2.15. The average molecular weight is 291 g/mol. The number of pyridine rings is 1. The molecule has 0 aromatic carbocycles. The van der Waals surface area contributed by atoms with Crippen LogP contribution >= 0.6 is 0 Å². The second kappa shape index (κ2) is 8.47. The Morgan fingerprint density at radius 1 is 1.29 bits per heavy atom. The Hall–Kier alpha value is -0.970. The molecule has 0 radical (unpaired) electrons. The van der Waals surface area contributed by atoms with E-state index >= 15 is 0 Å². The van der Waals surface area contributed by atoms with Crippen molar-refractivity contribution >= 4 is 0 Å². The number of hydrogen-bond donors (Lipinski definition) is 1. The minimum atomic E-state index is 0.459. The number of nitrogens with one attached hydrogen (secondary N) is 1. The summed E-state index contributed by atoms with van der Waals surface area (Å²) in [6.45, 7) is 11.2. The van der Waals surface area contributed by atoms with Crippen molar-refractivity contribution in [3.63, 3.8) is 0 Å². The third kappa shape index (κ3) is 5.73. The molecule has 0 amide bonds. The highest BCUT2D eigenvalue weighted by atomic mass is 16.5. The van der Waals surface area contributed by atoms with E-state index in [1.807, 2.05) is 0 Å². The van der Waals surface area contributed by atoms with Gasteiger partial charge in [0.15, 0.2) is 0 Å². The molecule has 0 unspecified atom stereocenters. The van der Waals surface area contributed by atoms with Gasteiger partial charge in [0.25, 0.3) is 0 Å². The molecule has 1 aliphatic rings. The van der Waals surface area contributed by atoms with E-state index in [9.17, 15) is 0 Å². The Morgan fingerprint density at radius 2 is 2.00 bits per heavy atom. The van der Waals surface area contributed by atoms with Crippen LogP contribution in [0.4, 0.5) is 0 Å². The van der Waals surface area contributed by atoms with E-state index < -0.39 is 0 Å². The molecule has 1 aliphatic heterocycles. The standard InChI is InChI=1S/C17H29N3O/c1-4-21-17-8-10-20(11-9-17)13-16-7-5-6-15(19-16)12-18-14(2)3/h5-7,14,17-18H,4,8-13H2,1-3H3. The zero-order valence-corrected chi connectivity index (χ0v) is 13.6. The summed E-state index contributed by atoms with van der Waals surface area (Å²) in [5, 5.41) is 3.42. The summed E-state index contributed by atoms with van der Waals surface area (Å²) in [7, 11) is 0. The van der Waals surface area contributed by atoms with Crippen molar-refractivity contribution in [2.45, 2.75) is 58.8 Å². The average Bonchev–Trinajstić information content (AvgIpc) is 2.48. The molecule has 21 heavy (non-hydrogen) atoms. The molecule has 1 aromatic heterocycles. The van der Waals surface area contributed by atoms with E-state index in [1.54, 1.807) is 0 Å². The van der Waals surface area contributed by atoms with Gasteiger partial charge in [-0.25, -0.2) is 0 Å². The summed E-state index contributed by atoms with van der Waals surface area (Å²) in [6.07, 6.45) is 2.74. The van der Waals surface area contributed by atoms with Crippen LogP contribution in [0.2, 0.25) is 0 Å². The fraction of sp³-hybridized carbons (Fsp3) is 0.706. The Labute approximate surface area is 128 Å². The molecule has 2 heterocycles. The first-order valence-electron chi connectivity index (χ1n) is 8.19. The second-order valence-electron chi connectivity index (χ2n) is 6.09. The second-order valence-corrected chi connectivity index (χ2v) is 6.09. The molecule has 1 aromatic rings. The molecular formula is C17H29N3O. The minimum Gasteiger partial charge on any atom is -0.378 e. The number of nitrogens with zero attached hydrogens (tertiary/aromatic N) is 2. The van der Waals surface area contributed by atoms with Gasteiger partial charge in [-0.1, -0.05) is 19.9 Å². The van der Waals surface area contributed by atoms with Crippen LogP contribution in [0.3, 0.4) is 0 Å². The fourth-order valence-electron chi connectivity index (χ4n) is 2.72. The molecule has 4 nitrogen and oxygen atoms in total. The van der Waals surface area contributed by atoms with Crippen LogP contribution in [0.15, 0.2) is 18.2 Å². The van der Waals surface area contributed by atoms with Gasteiger partial charge in [0.05, 0.1) is 17.5 Å². The quantitative estimate of drug-likeness (QED) is 0.838. The van der Waals surface area contributed by atoms with Crippen molar-refractivity contribution < 1.29 is 4.74 Å². The van der Waals surface area contributed by atoms with Gasteiger partial charge in [-0.15, -0.1) is 0 Å². The van der Waals surface area contributed by atoms with Crippen LogP contribution < -0.4 is 5.32 Å². The van der Waals surface area contributed by atoms with Gasteiger partial charge in [-0.3, -0.25) is 9.88 Å². The van der Waals surface area contributed by atoms with Gasteiger partial charge >= 0.3 is 0 Å². The lowest BCUT2D eigenvalue weighted by molar-refractivity contribution is 0.0122. The van der Waals surface area contributed by atoms with Crippen molar-refractivity contribution in [2.24, 2.45) is 0 Å². The van der Waals surface area contributed by atoms with Crippen LogP contribution in [0.25, 0.3) is 0 Å². The third-order valence-electron chi connectivity index (χ3n) is 3.88. The molecule has 0 saturated carbocycles. The topological polar surface area (TPSA) is 37.4 Å². The molecule has 0 spiro atoms. The molecule has 0 atom stereocenters. The normalized spacial score (nSPS) is 17.5. The first-order chi connectivity index (χ1) is 10.2. The monoisotopic (exact) mass is 291 g/mol. The number of hydrogen-bond acceptors (Lipinski definition) is 4. The number of aromatic nitrogens is 1. The zero-order chi connectivity index (χ0) is 15.1. The Morgan fingerprint density at radius 3 is 2.67 bits per heavy atom. The maximum atomic E-state index is 5.70. The molecule has 4 heteroatoms. The van der Waals surface area contributed by atoms with Crippen molar-refractivity contribution in [3.8, 4) is 0 Å². The molecule has 2 rings (SSSR count). The van der Waals surface area contributed by atoms with E-state index in [1.165, 1.54) is 5.69 Å². The van der Waals surface area contributed by atoms with Crippen molar-refractivity contribution in [1.82, 2.24) is 15.2 Å². The lowest BCUT2D eigenvalue weighted by Crippen LogP contribution is -2.36. The van der Waals surface area contributed by atoms with E-state index in [0.29, 0.717) is 12.1 Å². The molecular weight excluding hydrogens is 262 g/mol. The lowest BCUT2D eigenvalue weighted by atomic mass is 10.1. The zero-order valence-electron chi connectivity index (χ0n) is 13.6. The summed E-state index contributed by atoms with van der Waals surface area (Å²) < 4.78 is 5.70. The Kier molecular flexibility index (Phi) is 6.61. The van der Waals surface area contributed by atoms with Gasteiger partial charge in [0.2, 0.25) is 0 Å². The smallest absolute Gasteiger partial charge is 0.0599 e. The molecule has 1 saturated heterocycles. The van der Waals surface area contributed by atoms with Crippen molar-refractivity contribution in [3.05, 3.63) is 29.6 Å². The Balaban J connectivity index is 1.81. The van der Waals surface area contributed by atoms with E-state index in [2.05, 4.69) is 49.2 Å². The van der Waals surface area contributed by atoms with Crippen LogP contribution in [0, 0.1) is 0 Å². The van der Waals surface area contributed by atoms with Gasteiger partial charge < -0.3 is 10.1 Å². The number of ether oxygens (including phenoxy) is 1. The fourth-order valence-corrected chi connectivity index (χ4v) is 2.72. The van der Waals surface area contributed by atoms with Crippen LogP contribution in [-0.2, 0) is 17.8 Å². The predicted molar refractivity (Wildman–Crippen MR) is 86.1 cm³/mol. The molecule has 1 N–H and O–H groups in total. The van der Waals surface area contributed by atoms with Crippen LogP contribution in [-0.4, -0.2) is 41.7 Å². The summed E-state index contributed by atoms with van der Waals surface area (Å²) in [5.41, 5.74) is 2.30. The number of likely N-dealkylation sites (tertiary alicyclic amines) is 1. The lowest BCUT2D eigenvalue weighted by Gasteiger charge is -2.31. The van der Waals surface area contributed by atoms with E-state index in [-0.39, 0.29) is 0 Å². The van der Waals surface area contributed by atoms with Crippen LogP contribution in [0.5, 0.6) is 0 Å². The minimum absolute atomic E-state index is 0.459. The molecule has 1 fully saturated rings. The van der Waals surface area contributed by atoms with Gasteiger partial charge in [0, 0.05) is 38.8 Å². The van der Waals surface area contributed by atoms with Gasteiger partial charge in [-0.05, 0) is 31.9 Å². The van der Waals surface area contributed by atoms with E-state index in [0.717, 1.165) is 51.3 Å². The first-order valence-corrected chi connectivity index (χ1v) is 8.19. The SMILES string of the molecule is CCOC1CCN(Cc2cccc(CNC(C)C)n2)CC1. The maximum absolute atomic E-state index is 5.70. The van der Waals surface area contributed by atoms with Crippen LogP contribution in [0.1, 0.15) is 45.0 Å².